The average molecular weight is 399 g/mol. The molecule has 1 N–H and O–H groups in total. The van der Waals surface area contributed by atoms with E-state index in [2.05, 4.69) is 4.98 Å². The second kappa shape index (κ2) is 7.22. The third kappa shape index (κ3) is 3.27. The van der Waals surface area contributed by atoms with Crippen LogP contribution in [0, 0.1) is 0 Å². The summed E-state index contributed by atoms with van der Waals surface area (Å²) in [7, 11) is 0. The Morgan fingerprint density at radius 3 is 2.70 bits per heavy atom. The zero-order chi connectivity index (χ0) is 19.0. The highest BCUT2D eigenvalue weighted by Gasteiger charge is 2.24. The van der Waals surface area contributed by atoms with E-state index in [-0.39, 0.29) is 5.97 Å². The van der Waals surface area contributed by atoms with Crippen LogP contribution in [0.3, 0.4) is 0 Å². The maximum Gasteiger partial charge on any atom is 0.354 e. The number of rotatable bonds is 3. The van der Waals surface area contributed by atoms with Crippen molar-refractivity contribution >= 4 is 34.9 Å². The number of nitrogens with zero attached hydrogens (tertiary/aromatic N) is 1. The molecular weight excluding hydrogens is 383 g/mol. The van der Waals surface area contributed by atoms with Crippen LogP contribution in [0.2, 0.25) is 10.0 Å². The normalized spacial score (nSPS) is 12.6. The molecule has 4 rings (SSSR count). The van der Waals surface area contributed by atoms with Gasteiger partial charge in [0, 0.05) is 26.7 Å². The number of aromatic nitrogens is 1. The fraction of sp³-hybridized carbons (Fsp3) is 0.143. The summed E-state index contributed by atoms with van der Waals surface area (Å²) in [6, 6.07) is 15.0. The SMILES string of the molecule is CCOC(=O)c1cc2c([nH]1)-c1ccc(Cl)cc1C(c1ccccc1Cl)=NC2. The molecule has 4 nitrogen and oxygen atoms in total. The molecule has 27 heavy (non-hydrogen) atoms. The Hall–Kier alpha value is -2.56. The Kier molecular flexibility index (Phi) is 4.77. The van der Waals surface area contributed by atoms with Gasteiger partial charge < -0.3 is 9.72 Å². The van der Waals surface area contributed by atoms with Gasteiger partial charge in [0.1, 0.15) is 5.69 Å². The van der Waals surface area contributed by atoms with Gasteiger partial charge in [0.2, 0.25) is 0 Å². The summed E-state index contributed by atoms with van der Waals surface area (Å²) >= 11 is 12.7. The first-order valence-corrected chi connectivity index (χ1v) is 9.32. The standard InChI is InChI=1S/C21H16Cl2N2O2/c1-2-27-21(26)18-9-12-11-24-20(15-5-3-4-6-17(15)23)16-10-13(22)7-8-14(16)19(12)25-18/h3-10,25H,2,11H2,1H3. The average Bonchev–Trinajstić information content (AvgIpc) is 3.02. The number of H-pyrrole nitrogens is 1. The minimum Gasteiger partial charge on any atom is -0.461 e. The van der Waals surface area contributed by atoms with Gasteiger partial charge in [-0.1, -0.05) is 47.5 Å². The molecule has 2 aromatic carbocycles. The van der Waals surface area contributed by atoms with E-state index in [1.165, 1.54) is 0 Å². The molecule has 1 aliphatic rings. The third-order valence-corrected chi connectivity index (χ3v) is 5.00. The molecule has 6 heteroatoms. The van der Waals surface area contributed by atoms with Crippen molar-refractivity contribution in [3.05, 3.63) is 81.0 Å². The van der Waals surface area contributed by atoms with Gasteiger partial charge >= 0.3 is 5.97 Å². The lowest BCUT2D eigenvalue weighted by Crippen LogP contribution is -2.07. The molecule has 0 fully saturated rings. The van der Waals surface area contributed by atoms with Gasteiger partial charge in [-0.25, -0.2) is 4.79 Å². The lowest BCUT2D eigenvalue weighted by molar-refractivity contribution is 0.0520. The smallest absolute Gasteiger partial charge is 0.354 e. The molecule has 0 bridgehead atoms. The molecule has 0 saturated carbocycles. The van der Waals surface area contributed by atoms with Gasteiger partial charge in [0.05, 0.1) is 24.6 Å². The topological polar surface area (TPSA) is 54.5 Å². The van der Waals surface area contributed by atoms with Crippen molar-refractivity contribution in [3.8, 4) is 11.3 Å². The number of ether oxygens (including phenoxy) is 1. The summed E-state index contributed by atoms with van der Waals surface area (Å²) in [5.74, 6) is -0.378. The summed E-state index contributed by atoms with van der Waals surface area (Å²) in [4.78, 5) is 20.1. The van der Waals surface area contributed by atoms with E-state index in [1.54, 1.807) is 13.0 Å². The number of esters is 1. The van der Waals surface area contributed by atoms with E-state index in [9.17, 15) is 4.79 Å². The van der Waals surface area contributed by atoms with E-state index < -0.39 is 0 Å². The van der Waals surface area contributed by atoms with Gasteiger partial charge in [-0.15, -0.1) is 0 Å². The molecule has 2 heterocycles. The molecule has 0 saturated heterocycles. The van der Waals surface area contributed by atoms with Gasteiger partial charge in [0.25, 0.3) is 0 Å². The maximum atomic E-state index is 12.1. The number of nitrogens with one attached hydrogen (secondary N) is 1. The molecule has 136 valence electrons. The van der Waals surface area contributed by atoms with Crippen LogP contribution in [0.1, 0.15) is 34.1 Å². The van der Waals surface area contributed by atoms with Crippen molar-refractivity contribution < 1.29 is 9.53 Å². The van der Waals surface area contributed by atoms with Crippen molar-refractivity contribution in [2.45, 2.75) is 13.5 Å². The van der Waals surface area contributed by atoms with Crippen LogP contribution in [-0.4, -0.2) is 23.3 Å². The Bertz CT molecular complexity index is 1070. The number of hydrogen-bond acceptors (Lipinski definition) is 3. The lowest BCUT2D eigenvalue weighted by Gasteiger charge is -2.12. The summed E-state index contributed by atoms with van der Waals surface area (Å²) in [6.45, 7) is 2.52. The molecule has 1 aliphatic heterocycles. The predicted octanol–water partition coefficient (Wildman–Crippen LogP) is 5.52. The first-order valence-electron chi connectivity index (χ1n) is 8.57. The van der Waals surface area contributed by atoms with Gasteiger partial charge in [-0.05, 0) is 36.8 Å². The molecule has 1 aromatic heterocycles. The van der Waals surface area contributed by atoms with Crippen molar-refractivity contribution in [1.29, 1.82) is 0 Å². The zero-order valence-corrected chi connectivity index (χ0v) is 16.1. The number of carbonyl (C=O) groups excluding carboxylic acids is 1. The molecule has 0 spiro atoms. The van der Waals surface area contributed by atoms with Crippen LogP contribution in [0.5, 0.6) is 0 Å². The molecule has 0 radical (unpaired) electrons. The molecule has 0 amide bonds. The molecule has 0 unspecified atom stereocenters. The summed E-state index contributed by atoms with van der Waals surface area (Å²) < 4.78 is 5.11. The van der Waals surface area contributed by atoms with Crippen molar-refractivity contribution in [2.24, 2.45) is 4.99 Å². The maximum absolute atomic E-state index is 12.1. The zero-order valence-electron chi connectivity index (χ0n) is 14.6. The van der Waals surface area contributed by atoms with Gasteiger partial charge in [0.15, 0.2) is 0 Å². The van der Waals surface area contributed by atoms with Crippen LogP contribution in [0.25, 0.3) is 11.3 Å². The van der Waals surface area contributed by atoms with Crippen LogP contribution in [0.4, 0.5) is 0 Å². The number of carbonyl (C=O) groups is 1. The number of halogens is 2. The van der Waals surface area contributed by atoms with E-state index >= 15 is 0 Å². The second-order valence-corrected chi connectivity index (χ2v) is 6.98. The minimum atomic E-state index is -0.378. The van der Waals surface area contributed by atoms with Crippen LogP contribution < -0.4 is 0 Å². The van der Waals surface area contributed by atoms with E-state index in [1.807, 2.05) is 42.5 Å². The summed E-state index contributed by atoms with van der Waals surface area (Å²) in [6.07, 6.45) is 0. The predicted molar refractivity (Wildman–Crippen MR) is 108 cm³/mol. The highest BCUT2D eigenvalue weighted by molar-refractivity contribution is 6.36. The Morgan fingerprint density at radius 2 is 1.93 bits per heavy atom. The monoisotopic (exact) mass is 398 g/mol. The lowest BCUT2D eigenvalue weighted by atomic mass is 9.95. The van der Waals surface area contributed by atoms with E-state index in [0.717, 1.165) is 33.7 Å². The number of aromatic amines is 1. The Morgan fingerprint density at radius 1 is 1.11 bits per heavy atom. The summed E-state index contributed by atoms with van der Waals surface area (Å²) in [5.41, 5.74) is 5.59. The van der Waals surface area contributed by atoms with Crippen molar-refractivity contribution in [2.75, 3.05) is 6.61 Å². The van der Waals surface area contributed by atoms with Crippen LogP contribution in [0.15, 0.2) is 53.5 Å². The number of benzene rings is 2. The minimum absolute atomic E-state index is 0.323. The van der Waals surface area contributed by atoms with E-state index in [0.29, 0.717) is 28.9 Å². The van der Waals surface area contributed by atoms with Crippen molar-refractivity contribution in [1.82, 2.24) is 4.98 Å². The largest absolute Gasteiger partial charge is 0.461 e. The van der Waals surface area contributed by atoms with Crippen molar-refractivity contribution in [3.63, 3.8) is 0 Å². The fourth-order valence-corrected chi connectivity index (χ4v) is 3.64. The first-order chi connectivity index (χ1) is 13.1. The Balaban J connectivity index is 1.90. The molecule has 0 aliphatic carbocycles. The Labute approximate surface area is 166 Å². The first kappa shape index (κ1) is 17.8. The third-order valence-electron chi connectivity index (χ3n) is 4.44. The highest BCUT2D eigenvalue weighted by atomic mass is 35.5. The summed E-state index contributed by atoms with van der Waals surface area (Å²) in [5, 5.41) is 1.23. The fourth-order valence-electron chi connectivity index (χ4n) is 3.24. The molecular formula is C21H16Cl2N2O2. The van der Waals surface area contributed by atoms with Gasteiger partial charge in [-0.3, -0.25) is 4.99 Å². The van der Waals surface area contributed by atoms with E-state index in [4.69, 9.17) is 32.9 Å². The molecule has 3 aromatic rings. The second-order valence-electron chi connectivity index (χ2n) is 6.14. The van der Waals surface area contributed by atoms with Gasteiger partial charge in [-0.2, -0.15) is 0 Å². The van der Waals surface area contributed by atoms with Crippen LogP contribution in [-0.2, 0) is 11.3 Å². The quantitative estimate of drug-likeness (QED) is 0.590. The van der Waals surface area contributed by atoms with Crippen LogP contribution >= 0.6 is 23.2 Å². The number of hydrogen-bond donors (Lipinski definition) is 1. The number of fused-ring (bicyclic) bond motifs is 3. The highest BCUT2D eigenvalue weighted by Crippen LogP contribution is 2.35. The molecule has 0 atom stereocenters. The number of aliphatic imine (C=N–C) groups is 1.